The number of ether oxygens (including phenoxy) is 1. The molecular weight excluding hydrogens is 324 g/mol. The van der Waals surface area contributed by atoms with Crippen LogP contribution in [0.3, 0.4) is 0 Å². The Morgan fingerprint density at radius 2 is 2.21 bits per heavy atom. The van der Waals surface area contributed by atoms with Crippen molar-refractivity contribution < 1.29 is 9.53 Å². The first-order chi connectivity index (χ1) is 11.0. The first kappa shape index (κ1) is 20.8. The lowest BCUT2D eigenvalue weighted by Gasteiger charge is -2.28. The van der Waals surface area contributed by atoms with Gasteiger partial charge in [0.1, 0.15) is 11.9 Å². The number of nitrogens with one attached hydrogen (secondary N) is 2. The number of amides is 1. The largest absolute Gasteiger partial charge is 0.489 e. The number of halogens is 1. The van der Waals surface area contributed by atoms with Crippen molar-refractivity contribution in [3.8, 4) is 5.75 Å². The molecule has 24 heavy (non-hydrogen) atoms. The average molecular weight is 355 g/mol. The summed E-state index contributed by atoms with van der Waals surface area (Å²) in [7, 11) is 0. The Morgan fingerprint density at radius 1 is 1.42 bits per heavy atom. The van der Waals surface area contributed by atoms with E-state index in [1.165, 1.54) is 18.4 Å². The second kappa shape index (κ2) is 10.6. The van der Waals surface area contributed by atoms with E-state index in [1.807, 2.05) is 38.1 Å². The molecule has 1 aliphatic heterocycles. The minimum absolute atomic E-state index is 0. The number of aryl methyl sites for hydroxylation is 1. The van der Waals surface area contributed by atoms with Crippen LogP contribution in [0.15, 0.2) is 24.3 Å². The van der Waals surface area contributed by atoms with Crippen LogP contribution in [0.4, 0.5) is 0 Å². The van der Waals surface area contributed by atoms with Gasteiger partial charge in [-0.25, -0.2) is 0 Å². The number of piperidine rings is 1. The highest BCUT2D eigenvalue weighted by atomic mass is 35.5. The molecule has 1 aromatic carbocycles. The molecule has 1 heterocycles. The van der Waals surface area contributed by atoms with E-state index in [0.29, 0.717) is 24.8 Å². The van der Waals surface area contributed by atoms with Gasteiger partial charge in [-0.2, -0.15) is 0 Å². The molecule has 0 aliphatic carbocycles. The van der Waals surface area contributed by atoms with E-state index in [9.17, 15) is 4.79 Å². The van der Waals surface area contributed by atoms with Crippen molar-refractivity contribution in [2.45, 2.75) is 46.1 Å². The van der Waals surface area contributed by atoms with E-state index in [1.54, 1.807) is 0 Å². The molecule has 1 amide bonds. The molecule has 4 nitrogen and oxygen atoms in total. The first-order valence-corrected chi connectivity index (χ1v) is 8.75. The van der Waals surface area contributed by atoms with Crippen LogP contribution in [0.2, 0.25) is 0 Å². The third-order valence-electron chi connectivity index (χ3n) is 4.56. The summed E-state index contributed by atoms with van der Waals surface area (Å²) in [5, 5.41) is 6.42. The Bertz CT molecular complexity index is 504. The van der Waals surface area contributed by atoms with Gasteiger partial charge in [0.15, 0.2) is 0 Å². The van der Waals surface area contributed by atoms with Crippen molar-refractivity contribution in [3.63, 3.8) is 0 Å². The second-order valence-electron chi connectivity index (χ2n) is 6.84. The average Bonchev–Trinajstić information content (AvgIpc) is 2.54. The molecular formula is C19H31ClN2O2. The molecule has 2 rings (SSSR count). The molecule has 0 saturated carbocycles. The standard InChI is InChI=1S/C19H30N2O2.ClH/c1-14-6-4-8-18(10-14)23-16(3)12-21-19(22)11-15(2)17-7-5-9-20-13-17;/h4,6,8,10,15-17,20H,5,7,9,11-13H2,1-3H3,(H,21,22);1H. The summed E-state index contributed by atoms with van der Waals surface area (Å²) in [4.78, 5) is 12.1. The van der Waals surface area contributed by atoms with Crippen molar-refractivity contribution in [2.75, 3.05) is 19.6 Å². The topological polar surface area (TPSA) is 50.4 Å². The van der Waals surface area contributed by atoms with Crippen LogP contribution in [-0.2, 0) is 4.79 Å². The normalized spacial score (nSPS) is 19.7. The summed E-state index contributed by atoms with van der Waals surface area (Å²) in [6.45, 7) is 8.91. The summed E-state index contributed by atoms with van der Waals surface area (Å²) in [6, 6.07) is 7.98. The van der Waals surface area contributed by atoms with Crippen LogP contribution in [0, 0.1) is 18.8 Å². The lowest BCUT2D eigenvalue weighted by Crippen LogP contribution is -2.37. The molecule has 3 atom stereocenters. The third kappa shape index (κ3) is 7.10. The van der Waals surface area contributed by atoms with E-state index < -0.39 is 0 Å². The Balaban J connectivity index is 0.00000288. The fourth-order valence-electron chi connectivity index (χ4n) is 3.12. The maximum Gasteiger partial charge on any atom is 0.220 e. The quantitative estimate of drug-likeness (QED) is 0.789. The number of hydrogen-bond acceptors (Lipinski definition) is 3. The van der Waals surface area contributed by atoms with Gasteiger partial charge in [0.2, 0.25) is 5.91 Å². The molecule has 1 fully saturated rings. The number of carbonyl (C=O) groups excluding carboxylic acids is 1. The molecule has 5 heteroatoms. The van der Waals surface area contributed by atoms with Crippen molar-refractivity contribution in [1.29, 1.82) is 0 Å². The number of rotatable bonds is 7. The SMILES string of the molecule is Cc1cccc(OC(C)CNC(=O)CC(C)C2CCCNC2)c1.Cl. The zero-order valence-electron chi connectivity index (χ0n) is 15.0. The summed E-state index contributed by atoms with van der Waals surface area (Å²) in [6.07, 6.45) is 3.02. The Morgan fingerprint density at radius 3 is 2.88 bits per heavy atom. The van der Waals surface area contributed by atoms with E-state index in [2.05, 4.69) is 17.6 Å². The minimum Gasteiger partial charge on any atom is -0.489 e. The number of carbonyl (C=O) groups is 1. The van der Waals surface area contributed by atoms with Crippen molar-refractivity contribution in [3.05, 3.63) is 29.8 Å². The molecule has 3 unspecified atom stereocenters. The number of hydrogen-bond donors (Lipinski definition) is 2. The number of benzene rings is 1. The zero-order valence-corrected chi connectivity index (χ0v) is 15.8. The molecule has 0 aromatic heterocycles. The summed E-state index contributed by atoms with van der Waals surface area (Å²) >= 11 is 0. The lowest BCUT2D eigenvalue weighted by atomic mass is 9.85. The maximum absolute atomic E-state index is 12.1. The molecule has 0 bridgehead atoms. The van der Waals surface area contributed by atoms with Crippen LogP contribution >= 0.6 is 12.4 Å². The maximum atomic E-state index is 12.1. The monoisotopic (exact) mass is 354 g/mol. The molecule has 2 N–H and O–H groups in total. The highest BCUT2D eigenvalue weighted by Crippen LogP contribution is 2.22. The molecule has 0 radical (unpaired) electrons. The molecule has 1 aliphatic rings. The third-order valence-corrected chi connectivity index (χ3v) is 4.56. The van der Waals surface area contributed by atoms with Crippen molar-refractivity contribution in [2.24, 2.45) is 11.8 Å². The Kier molecular flexibility index (Phi) is 9.16. The van der Waals surface area contributed by atoms with Crippen LogP contribution in [0.1, 0.15) is 38.7 Å². The van der Waals surface area contributed by atoms with Crippen LogP contribution in [0.25, 0.3) is 0 Å². The van der Waals surface area contributed by atoms with Gasteiger partial charge in [-0.05, 0) is 69.3 Å². The summed E-state index contributed by atoms with van der Waals surface area (Å²) in [5.41, 5.74) is 1.17. The van der Waals surface area contributed by atoms with E-state index in [-0.39, 0.29) is 24.4 Å². The Labute approximate surface area is 152 Å². The summed E-state index contributed by atoms with van der Waals surface area (Å²) < 4.78 is 5.84. The first-order valence-electron chi connectivity index (χ1n) is 8.75. The van der Waals surface area contributed by atoms with Crippen molar-refractivity contribution in [1.82, 2.24) is 10.6 Å². The lowest BCUT2D eigenvalue weighted by molar-refractivity contribution is -0.122. The summed E-state index contributed by atoms with van der Waals surface area (Å²) in [5.74, 6) is 2.03. The fraction of sp³-hybridized carbons (Fsp3) is 0.632. The minimum atomic E-state index is -0.0348. The molecule has 1 saturated heterocycles. The molecule has 1 aromatic rings. The van der Waals surface area contributed by atoms with Gasteiger partial charge >= 0.3 is 0 Å². The Hall–Kier alpha value is -1.26. The van der Waals surface area contributed by atoms with Gasteiger partial charge in [-0.15, -0.1) is 12.4 Å². The van der Waals surface area contributed by atoms with Gasteiger partial charge in [0, 0.05) is 6.42 Å². The zero-order chi connectivity index (χ0) is 16.7. The highest BCUT2D eigenvalue weighted by molar-refractivity contribution is 5.85. The predicted molar refractivity (Wildman–Crippen MR) is 101 cm³/mol. The van der Waals surface area contributed by atoms with Gasteiger partial charge in [0.25, 0.3) is 0 Å². The van der Waals surface area contributed by atoms with E-state index in [0.717, 1.165) is 18.8 Å². The van der Waals surface area contributed by atoms with Crippen LogP contribution < -0.4 is 15.4 Å². The molecule has 136 valence electrons. The van der Waals surface area contributed by atoms with Crippen LogP contribution in [0.5, 0.6) is 5.75 Å². The van der Waals surface area contributed by atoms with Gasteiger partial charge in [-0.3, -0.25) is 4.79 Å². The van der Waals surface area contributed by atoms with Gasteiger partial charge in [0.05, 0.1) is 6.54 Å². The van der Waals surface area contributed by atoms with Crippen molar-refractivity contribution >= 4 is 18.3 Å². The van der Waals surface area contributed by atoms with E-state index >= 15 is 0 Å². The molecule has 0 spiro atoms. The van der Waals surface area contributed by atoms with Gasteiger partial charge < -0.3 is 15.4 Å². The predicted octanol–water partition coefficient (Wildman–Crippen LogP) is 3.33. The second-order valence-corrected chi connectivity index (χ2v) is 6.84. The smallest absolute Gasteiger partial charge is 0.220 e. The van der Waals surface area contributed by atoms with Crippen LogP contribution in [-0.4, -0.2) is 31.6 Å². The van der Waals surface area contributed by atoms with Gasteiger partial charge in [-0.1, -0.05) is 19.1 Å². The highest BCUT2D eigenvalue weighted by Gasteiger charge is 2.22. The fourth-order valence-corrected chi connectivity index (χ4v) is 3.12. The van der Waals surface area contributed by atoms with E-state index in [4.69, 9.17) is 4.74 Å².